The normalized spacial score (nSPS) is 11.3. The Labute approximate surface area is 108 Å². The number of ether oxygens (including phenoxy) is 1. The monoisotopic (exact) mass is 261 g/mol. The second-order valence-corrected chi connectivity index (χ2v) is 6.47. The molecule has 0 unspecified atom stereocenters. The molecule has 1 N–H and O–H groups in total. The Morgan fingerprint density at radius 1 is 1.29 bits per heavy atom. The van der Waals surface area contributed by atoms with E-state index in [9.17, 15) is 9.59 Å². The van der Waals surface area contributed by atoms with Crippen LogP contribution in [0.2, 0.25) is 0 Å². The second kappa shape index (κ2) is 8.53. The van der Waals surface area contributed by atoms with Gasteiger partial charge >= 0.3 is 5.97 Å². The number of hydrogen-bond donors (Lipinski definition) is 1. The van der Waals surface area contributed by atoms with Crippen molar-refractivity contribution in [2.45, 2.75) is 38.9 Å². The number of ketones is 1. The van der Waals surface area contributed by atoms with Crippen LogP contribution in [0.25, 0.3) is 0 Å². The van der Waals surface area contributed by atoms with E-state index in [0.717, 1.165) is 0 Å². The van der Waals surface area contributed by atoms with Crippen LogP contribution in [0.3, 0.4) is 0 Å². The molecule has 0 rings (SSSR count). The van der Waals surface area contributed by atoms with E-state index in [2.05, 4.69) is 26.1 Å². The van der Waals surface area contributed by atoms with Gasteiger partial charge in [0.2, 0.25) is 0 Å². The van der Waals surface area contributed by atoms with Crippen LogP contribution in [0.4, 0.5) is 0 Å². The second-order valence-electron chi connectivity index (χ2n) is 4.67. The van der Waals surface area contributed by atoms with Crippen LogP contribution in [0.5, 0.6) is 0 Å². The van der Waals surface area contributed by atoms with Gasteiger partial charge in [0.25, 0.3) is 0 Å². The molecule has 0 aromatic heterocycles. The maximum atomic E-state index is 11.5. The minimum absolute atomic E-state index is 0.112. The first-order chi connectivity index (χ1) is 7.85. The molecule has 0 aliphatic carbocycles. The smallest absolute Gasteiger partial charge is 0.307 e. The summed E-state index contributed by atoms with van der Waals surface area (Å²) in [6.07, 6.45) is 0.313. The van der Waals surface area contributed by atoms with Gasteiger partial charge in [-0.25, -0.2) is 0 Å². The number of nitrogens with one attached hydrogen (secondary N) is 1. The van der Waals surface area contributed by atoms with Crippen LogP contribution in [0, 0.1) is 0 Å². The molecule has 0 atom stereocenters. The number of rotatable bonds is 8. The Hall–Kier alpha value is -0.550. The number of thioether (sulfide) groups is 1. The maximum Gasteiger partial charge on any atom is 0.307 e. The fraction of sp³-hybridized carbons (Fsp3) is 0.833. The van der Waals surface area contributed by atoms with Gasteiger partial charge in [-0.15, -0.1) is 11.8 Å². The molecule has 0 heterocycles. The topological polar surface area (TPSA) is 55.4 Å². The van der Waals surface area contributed by atoms with Crippen molar-refractivity contribution in [1.82, 2.24) is 5.32 Å². The molecule has 0 saturated heterocycles. The summed E-state index contributed by atoms with van der Waals surface area (Å²) in [5.74, 6) is 0.445. The van der Waals surface area contributed by atoms with E-state index in [-0.39, 0.29) is 16.5 Å². The van der Waals surface area contributed by atoms with Gasteiger partial charge in [0.1, 0.15) is 0 Å². The van der Waals surface area contributed by atoms with Crippen molar-refractivity contribution < 1.29 is 14.3 Å². The molecular formula is C12H23NO3S. The average molecular weight is 261 g/mol. The lowest BCUT2D eigenvalue weighted by Crippen LogP contribution is -2.28. The molecule has 0 aromatic carbocycles. The van der Waals surface area contributed by atoms with Crippen molar-refractivity contribution in [2.75, 3.05) is 25.4 Å². The Morgan fingerprint density at radius 3 is 2.47 bits per heavy atom. The number of hydrogen-bond acceptors (Lipinski definition) is 5. The van der Waals surface area contributed by atoms with E-state index in [4.69, 9.17) is 4.74 Å². The minimum atomic E-state index is -0.225. The fourth-order valence-corrected chi connectivity index (χ4v) is 1.70. The van der Waals surface area contributed by atoms with Crippen LogP contribution in [-0.2, 0) is 14.3 Å². The van der Waals surface area contributed by atoms with Crippen LogP contribution >= 0.6 is 11.8 Å². The van der Waals surface area contributed by atoms with E-state index >= 15 is 0 Å². The fourth-order valence-electron chi connectivity index (χ4n) is 0.999. The first-order valence-corrected chi connectivity index (χ1v) is 6.85. The molecule has 17 heavy (non-hydrogen) atoms. The summed E-state index contributed by atoms with van der Waals surface area (Å²) in [6.45, 7) is 9.24. The minimum Gasteiger partial charge on any atom is -0.466 e. The van der Waals surface area contributed by atoms with Crippen molar-refractivity contribution in [2.24, 2.45) is 0 Å². The van der Waals surface area contributed by atoms with Crippen molar-refractivity contribution in [3.05, 3.63) is 0 Å². The summed E-state index contributed by atoms with van der Waals surface area (Å²) in [5.41, 5.74) is 0. The summed E-state index contributed by atoms with van der Waals surface area (Å²) in [4.78, 5) is 22.5. The zero-order valence-corrected chi connectivity index (χ0v) is 12.0. The number of esters is 1. The van der Waals surface area contributed by atoms with E-state index < -0.39 is 0 Å². The largest absolute Gasteiger partial charge is 0.466 e. The van der Waals surface area contributed by atoms with Gasteiger partial charge < -0.3 is 10.1 Å². The summed E-state index contributed by atoms with van der Waals surface area (Å²) in [6, 6.07) is 0. The predicted octanol–water partition coefficient (Wildman–Crippen LogP) is 1.63. The molecule has 5 heteroatoms. The number of carbonyl (C=O) groups is 2. The highest BCUT2D eigenvalue weighted by Crippen LogP contribution is 2.22. The lowest BCUT2D eigenvalue weighted by Gasteiger charge is -2.16. The molecule has 0 aliphatic rings. The van der Waals surface area contributed by atoms with Gasteiger partial charge in [-0.3, -0.25) is 9.59 Å². The standard InChI is InChI=1S/C12H23NO3S/c1-5-16-11(15)6-7-13-8-10(14)9-17-12(2,3)4/h13H,5-9H2,1-4H3. The van der Waals surface area contributed by atoms with E-state index in [1.54, 1.807) is 18.7 Å². The van der Waals surface area contributed by atoms with Crippen LogP contribution in [0.1, 0.15) is 34.1 Å². The molecule has 0 aliphatic heterocycles. The van der Waals surface area contributed by atoms with Gasteiger partial charge in [-0.05, 0) is 6.92 Å². The molecule has 4 nitrogen and oxygen atoms in total. The molecule has 0 radical (unpaired) electrons. The zero-order chi connectivity index (χ0) is 13.3. The van der Waals surface area contributed by atoms with Crippen molar-refractivity contribution in [3.63, 3.8) is 0 Å². The third kappa shape index (κ3) is 11.7. The summed E-state index contributed by atoms with van der Waals surface area (Å²) >= 11 is 1.63. The molecule has 0 spiro atoms. The summed E-state index contributed by atoms with van der Waals surface area (Å²) in [7, 11) is 0. The molecular weight excluding hydrogens is 238 g/mol. The lowest BCUT2D eigenvalue weighted by atomic mass is 10.3. The van der Waals surface area contributed by atoms with E-state index in [1.165, 1.54) is 0 Å². The number of carbonyl (C=O) groups excluding carboxylic acids is 2. The molecule has 100 valence electrons. The molecule has 0 bridgehead atoms. The molecule has 0 amide bonds. The van der Waals surface area contributed by atoms with E-state index in [0.29, 0.717) is 31.9 Å². The number of Topliss-reactive ketones (excluding diaryl/α,β-unsaturated/α-hetero) is 1. The average Bonchev–Trinajstić information content (AvgIpc) is 2.21. The Balaban J connectivity index is 3.49. The van der Waals surface area contributed by atoms with Gasteiger partial charge in [0.15, 0.2) is 5.78 Å². The van der Waals surface area contributed by atoms with Gasteiger partial charge in [0.05, 0.1) is 25.3 Å². The van der Waals surface area contributed by atoms with Crippen molar-refractivity contribution in [3.8, 4) is 0 Å². The van der Waals surface area contributed by atoms with Crippen LogP contribution in [-0.4, -0.2) is 41.9 Å². The Morgan fingerprint density at radius 2 is 1.94 bits per heavy atom. The summed E-state index contributed by atoms with van der Waals surface area (Å²) < 4.78 is 4.88. The Bertz CT molecular complexity index is 249. The Kier molecular flexibility index (Phi) is 8.25. The molecule has 0 aromatic rings. The van der Waals surface area contributed by atoms with Crippen molar-refractivity contribution >= 4 is 23.5 Å². The van der Waals surface area contributed by atoms with Crippen molar-refractivity contribution in [1.29, 1.82) is 0 Å². The van der Waals surface area contributed by atoms with Crippen LogP contribution in [0.15, 0.2) is 0 Å². The highest BCUT2D eigenvalue weighted by Gasteiger charge is 2.13. The van der Waals surface area contributed by atoms with Crippen LogP contribution < -0.4 is 5.32 Å². The first-order valence-electron chi connectivity index (χ1n) is 5.87. The molecule has 0 fully saturated rings. The first kappa shape index (κ1) is 16.4. The summed E-state index contributed by atoms with van der Waals surface area (Å²) in [5, 5.41) is 2.95. The lowest BCUT2D eigenvalue weighted by molar-refractivity contribution is -0.143. The zero-order valence-electron chi connectivity index (χ0n) is 11.2. The maximum absolute atomic E-state index is 11.5. The van der Waals surface area contributed by atoms with E-state index in [1.807, 2.05) is 0 Å². The quantitative estimate of drug-likeness (QED) is 0.531. The van der Waals surface area contributed by atoms with Gasteiger partial charge in [-0.2, -0.15) is 0 Å². The predicted molar refractivity (Wildman–Crippen MR) is 71.3 cm³/mol. The highest BCUT2D eigenvalue weighted by atomic mass is 32.2. The highest BCUT2D eigenvalue weighted by molar-refractivity contribution is 8.01. The van der Waals surface area contributed by atoms with Gasteiger partial charge in [-0.1, -0.05) is 20.8 Å². The third-order valence-corrected chi connectivity index (χ3v) is 3.13. The SMILES string of the molecule is CCOC(=O)CCNCC(=O)CSC(C)(C)C. The molecule has 0 saturated carbocycles. The van der Waals surface area contributed by atoms with Gasteiger partial charge in [0, 0.05) is 11.3 Å². The third-order valence-electron chi connectivity index (χ3n) is 1.80.